The van der Waals surface area contributed by atoms with Crippen molar-refractivity contribution in [1.82, 2.24) is 28.7 Å². The van der Waals surface area contributed by atoms with Gasteiger partial charge in [0.1, 0.15) is 11.2 Å². The summed E-state index contributed by atoms with van der Waals surface area (Å²) in [6.07, 6.45) is 3.99. The van der Waals surface area contributed by atoms with E-state index in [0.29, 0.717) is 28.5 Å². The predicted molar refractivity (Wildman–Crippen MR) is 136 cm³/mol. The Morgan fingerprint density at radius 3 is 2.69 bits per heavy atom. The highest BCUT2D eigenvalue weighted by Crippen LogP contribution is 2.31. The van der Waals surface area contributed by atoms with E-state index in [1.165, 1.54) is 16.4 Å². The molecule has 3 aromatic rings. The summed E-state index contributed by atoms with van der Waals surface area (Å²) in [4.78, 5) is 35.6. The van der Waals surface area contributed by atoms with Crippen LogP contribution in [0.25, 0.3) is 22.7 Å². The van der Waals surface area contributed by atoms with E-state index in [1.807, 2.05) is 55.5 Å². The molecule has 3 aliphatic heterocycles. The minimum atomic E-state index is -0.125. The summed E-state index contributed by atoms with van der Waals surface area (Å²) >= 11 is 1.53. The molecule has 1 aromatic carbocycles. The lowest BCUT2D eigenvalue weighted by Gasteiger charge is -2.17. The van der Waals surface area contributed by atoms with Crippen LogP contribution < -0.4 is 11.1 Å². The van der Waals surface area contributed by atoms with Gasteiger partial charge in [-0.25, -0.2) is 9.97 Å². The number of rotatable bonds is 4. The van der Waals surface area contributed by atoms with Crippen LogP contribution in [-0.4, -0.2) is 28.7 Å². The normalized spacial score (nSPS) is 13.7. The van der Waals surface area contributed by atoms with Gasteiger partial charge in [-0.1, -0.05) is 42.4 Å². The number of hydrogen-bond acceptors (Lipinski definition) is 6. The van der Waals surface area contributed by atoms with Crippen molar-refractivity contribution in [2.24, 2.45) is 0 Å². The van der Waals surface area contributed by atoms with E-state index < -0.39 is 0 Å². The first-order valence-electron chi connectivity index (χ1n) is 11.8. The molecule has 0 saturated carbocycles. The van der Waals surface area contributed by atoms with E-state index in [9.17, 15) is 9.59 Å². The summed E-state index contributed by atoms with van der Waals surface area (Å²) in [5.74, 6) is 0.970. The summed E-state index contributed by atoms with van der Waals surface area (Å²) < 4.78 is 5.24. The van der Waals surface area contributed by atoms with Gasteiger partial charge >= 0.3 is 0 Å². The Balaban J connectivity index is 1.43. The first kappa shape index (κ1) is 21.8. The van der Waals surface area contributed by atoms with Crippen LogP contribution in [0.2, 0.25) is 0 Å². The molecular weight excluding hydrogens is 460 g/mol. The molecule has 0 unspecified atom stereocenters. The Morgan fingerprint density at radius 2 is 1.83 bits per heavy atom. The van der Waals surface area contributed by atoms with Crippen molar-refractivity contribution in [3.05, 3.63) is 92.4 Å². The molecule has 6 rings (SSSR count). The summed E-state index contributed by atoms with van der Waals surface area (Å²) in [6.45, 7) is 2.71. The number of fused-ring (bicyclic) bond motifs is 4. The molecule has 5 heterocycles. The van der Waals surface area contributed by atoms with Crippen molar-refractivity contribution in [1.29, 1.82) is 0 Å². The van der Waals surface area contributed by atoms with Crippen molar-refractivity contribution in [2.75, 3.05) is 0 Å². The smallest absolute Gasteiger partial charge is 0.284 e. The first-order valence-corrected chi connectivity index (χ1v) is 12.8. The number of para-hydroxylation sites is 1. The second-order valence-electron chi connectivity index (χ2n) is 8.79. The monoisotopic (exact) mass is 484 g/mol. The molecule has 2 aromatic heterocycles. The molecule has 0 N–H and O–H groups in total. The molecule has 8 nitrogen and oxygen atoms in total. The van der Waals surface area contributed by atoms with Gasteiger partial charge < -0.3 is 4.57 Å². The molecule has 0 aliphatic carbocycles. The van der Waals surface area contributed by atoms with Crippen LogP contribution >= 0.6 is 11.8 Å². The number of aromatic nitrogens is 6. The van der Waals surface area contributed by atoms with Gasteiger partial charge in [-0.05, 0) is 50.5 Å². The van der Waals surface area contributed by atoms with Crippen LogP contribution in [0, 0.1) is 6.92 Å². The SMILES string of the molecule is Cc1cccc2nc(CSc3nc4nn(-c5ccccc5)c(=O)c-4c4n3CCCCC4)cc(=O)n12. The van der Waals surface area contributed by atoms with Gasteiger partial charge in [0.05, 0.1) is 11.4 Å². The fraction of sp³-hybridized carbons (Fsp3) is 0.269. The Bertz CT molecular complexity index is 1640. The number of aryl methyl sites for hydroxylation is 1. The average molecular weight is 485 g/mol. The minimum absolute atomic E-state index is 0.0869. The van der Waals surface area contributed by atoms with Gasteiger partial charge in [0, 0.05) is 29.8 Å². The number of pyridine rings is 1. The van der Waals surface area contributed by atoms with Gasteiger partial charge in [-0.15, -0.1) is 5.10 Å². The highest BCUT2D eigenvalue weighted by atomic mass is 32.2. The summed E-state index contributed by atoms with van der Waals surface area (Å²) in [5, 5.41) is 5.40. The van der Waals surface area contributed by atoms with Gasteiger partial charge in [0.2, 0.25) is 0 Å². The maximum Gasteiger partial charge on any atom is 0.284 e. The Morgan fingerprint density at radius 1 is 0.971 bits per heavy atom. The molecule has 0 spiro atoms. The molecular formula is C26H24N6O2S. The third-order valence-electron chi connectivity index (χ3n) is 6.45. The van der Waals surface area contributed by atoms with Crippen molar-refractivity contribution >= 4 is 17.4 Å². The second-order valence-corrected chi connectivity index (χ2v) is 9.73. The zero-order chi connectivity index (χ0) is 23.9. The molecule has 9 heteroatoms. The fourth-order valence-corrected chi connectivity index (χ4v) is 5.72. The van der Waals surface area contributed by atoms with Crippen LogP contribution in [0.5, 0.6) is 0 Å². The van der Waals surface area contributed by atoms with Crippen LogP contribution in [-0.2, 0) is 18.7 Å². The number of hydrogen-bond donors (Lipinski definition) is 0. The van der Waals surface area contributed by atoms with Crippen LogP contribution in [0.3, 0.4) is 0 Å². The highest BCUT2D eigenvalue weighted by Gasteiger charge is 2.27. The zero-order valence-corrected chi connectivity index (χ0v) is 20.2. The lowest BCUT2D eigenvalue weighted by molar-refractivity contribution is 0.571. The van der Waals surface area contributed by atoms with Crippen molar-refractivity contribution in [2.45, 2.75) is 50.1 Å². The molecule has 176 valence electrons. The lowest BCUT2D eigenvalue weighted by atomic mass is 10.1. The summed E-state index contributed by atoms with van der Waals surface area (Å²) in [5.41, 5.74) is 4.33. The third-order valence-corrected chi connectivity index (χ3v) is 7.46. The molecule has 0 fully saturated rings. The number of benzene rings is 1. The van der Waals surface area contributed by atoms with Crippen LogP contribution in [0.4, 0.5) is 0 Å². The predicted octanol–water partition coefficient (Wildman–Crippen LogP) is 3.87. The van der Waals surface area contributed by atoms with E-state index in [1.54, 1.807) is 10.5 Å². The van der Waals surface area contributed by atoms with Crippen molar-refractivity contribution < 1.29 is 0 Å². The maximum atomic E-state index is 13.4. The summed E-state index contributed by atoms with van der Waals surface area (Å²) in [6, 6.07) is 16.7. The molecule has 3 aliphatic rings. The van der Waals surface area contributed by atoms with Gasteiger partial charge in [0.15, 0.2) is 11.0 Å². The van der Waals surface area contributed by atoms with E-state index in [0.717, 1.165) is 54.5 Å². The van der Waals surface area contributed by atoms with Gasteiger partial charge in [-0.3, -0.25) is 14.0 Å². The highest BCUT2D eigenvalue weighted by molar-refractivity contribution is 7.98. The summed E-state index contributed by atoms with van der Waals surface area (Å²) in [7, 11) is 0. The lowest BCUT2D eigenvalue weighted by Crippen LogP contribution is -2.19. The first-order chi connectivity index (χ1) is 17.1. The molecule has 0 atom stereocenters. The van der Waals surface area contributed by atoms with Crippen molar-refractivity contribution in [3.63, 3.8) is 0 Å². The Labute approximate surface area is 205 Å². The molecule has 35 heavy (non-hydrogen) atoms. The standard InChI is InChI=1S/C26H24N6O2S/c1-17-9-8-13-21-27-18(15-22(33)31(17)21)16-35-26-28-24-23(20-12-6-3-7-14-30(20)26)25(34)32(29-24)19-10-4-2-5-11-19/h2,4-5,8-11,13,15H,3,6-7,12,14,16H2,1H3. The molecule has 0 bridgehead atoms. The van der Waals surface area contributed by atoms with Crippen molar-refractivity contribution in [3.8, 4) is 17.1 Å². The fourth-order valence-electron chi connectivity index (χ4n) is 4.78. The quantitative estimate of drug-likeness (QED) is 0.284. The Kier molecular flexibility index (Phi) is 5.49. The topological polar surface area (TPSA) is 87.1 Å². The average Bonchev–Trinajstić information content (AvgIpc) is 3.02. The Hall–Kier alpha value is -3.72. The third kappa shape index (κ3) is 3.85. The number of thioether (sulfide) groups is 1. The molecule has 0 radical (unpaired) electrons. The molecule has 0 amide bonds. The number of nitrogens with zero attached hydrogens (tertiary/aromatic N) is 6. The molecule has 0 saturated heterocycles. The second kappa shape index (κ2) is 8.81. The van der Waals surface area contributed by atoms with E-state index in [-0.39, 0.29) is 11.1 Å². The van der Waals surface area contributed by atoms with Gasteiger partial charge in [-0.2, -0.15) is 4.68 Å². The van der Waals surface area contributed by atoms with Crippen LogP contribution in [0.15, 0.2) is 69.3 Å². The van der Waals surface area contributed by atoms with Crippen LogP contribution in [0.1, 0.15) is 36.3 Å². The largest absolute Gasteiger partial charge is 0.324 e. The van der Waals surface area contributed by atoms with E-state index in [2.05, 4.69) is 9.67 Å². The maximum absolute atomic E-state index is 13.4. The van der Waals surface area contributed by atoms with Gasteiger partial charge in [0.25, 0.3) is 11.1 Å². The van der Waals surface area contributed by atoms with E-state index in [4.69, 9.17) is 9.97 Å². The zero-order valence-electron chi connectivity index (χ0n) is 19.3. The minimum Gasteiger partial charge on any atom is -0.324 e. The van der Waals surface area contributed by atoms with E-state index >= 15 is 0 Å².